The fourth-order valence-corrected chi connectivity index (χ4v) is 4.27. The van der Waals surface area contributed by atoms with Crippen LogP contribution in [0, 0.1) is 0 Å². The molecule has 0 spiro atoms. The Bertz CT molecular complexity index is 763. The Kier molecular flexibility index (Phi) is 7.41. The molecule has 3 heterocycles. The van der Waals surface area contributed by atoms with Gasteiger partial charge in [-0.05, 0) is 46.6 Å². The number of likely N-dealkylation sites (N-methyl/N-ethyl adjacent to an activating group) is 1. The molecule has 3 atom stereocenters. The van der Waals surface area contributed by atoms with E-state index in [1.54, 1.807) is 16.6 Å². The summed E-state index contributed by atoms with van der Waals surface area (Å²) in [5.41, 5.74) is 0.683. The van der Waals surface area contributed by atoms with E-state index in [0.717, 1.165) is 25.7 Å². The highest BCUT2D eigenvalue weighted by Crippen LogP contribution is 2.31. The van der Waals surface area contributed by atoms with Crippen molar-refractivity contribution in [2.24, 2.45) is 0 Å². The van der Waals surface area contributed by atoms with Crippen LogP contribution in [0.1, 0.15) is 64.1 Å². The monoisotopic (exact) mass is 419 g/mol. The van der Waals surface area contributed by atoms with Gasteiger partial charge in [-0.25, -0.2) is 4.68 Å². The molecule has 1 aromatic rings. The Morgan fingerprint density at radius 2 is 1.97 bits per heavy atom. The summed E-state index contributed by atoms with van der Waals surface area (Å²) in [5.74, 6) is -0.528. The summed E-state index contributed by atoms with van der Waals surface area (Å²) in [5, 5.41) is 16.7. The molecular weight excluding hydrogens is 386 g/mol. The highest BCUT2D eigenvalue weighted by Gasteiger charge is 2.43. The average Bonchev–Trinajstić information content (AvgIpc) is 3.34. The van der Waals surface area contributed by atoms with Crippen LogP contribution in [0.3, 0.4) is 0 Å². The van der Waals surface area contributed by atoms with E-state index in [1.807, 2.05) is 20.0 Å². The molecule has 2 aliphatic heterocycles. The van der Waals surface area contributed by atoms with Gasteiger partial charge in [0, 0.05) is 12.1 Å². The SMILES string of the molecule is CNCC(=O)NC1CCCCC2CCC(C(=O)NCc3cn(C(C)C)nn3)N2C1=O. The predicted octanol–water partition coefficient (Wildman–Crippen LogP) is 0.113. The number of aromatic nitrogens is 3. The van der Waals surface area contributed by atoms with Gasteiger partial charge in [-0.3, -0.25) is 14.4 Å². The van der Waals surface area contributed by atoms with Crippen LogP contribution in [0.25, 0.3) is 0 Å². The van der Waals surface area contributed by atoms with E-state index in [0.29, 0.717) is 18.5 Å². The number of carbonyl (C=O) groups is 3. The summed E-state index contributed by atoms with van der Waals surface area (Å²) >= 11 is 0. The molecule has 2 saturated heterocycles. The van der Waals surface area contributed by atoms with Crippen LogP contribution in [0.4, 0.5) is 0 Å². The largest absolute Gasteiger partial charge is 0.349 e. The molecule has 3 N–H and O–H groups in total. The van der Waals surface area contributed by atoms with Crippen LogP contribution in [0.2, 0.25) is 0 Å². The lowest BCUT2D eigenvalue weighted by atomic mass is 9.99. The van der Waals surface area contributed by atoms with Gasteiger partial charge in [0.15, 0.2) is 0 Å². The van der Waals surface area contributed by atoms with Gasteiger partial charge in [0.05, 0.1) is 19.3 Å². The molecule has 1 aromatic heterocycles. The lowest BCUT2D eigenvalue weighted by molar-refractivity contribution is -0.144. The van der Waals surface area contributed by atoms with Gasteiger partial charge >= 0.3 is 0 Å². The highest BCUT2D eigenvalue weighted by atomic mass is 16.2. The second kappa shape index (κ2) is 10.0. The van der Waals surface area contributed by atoms with Crippen LogP contribution < -0.4 is 16.0 Å². The number of nitrogens with zero attached hydrogens (tertiary/aromatic N) is 4. The molecule has 166 valence electrons. The molecule has 0 bridgehead atoms. The first-order chi connectivity index (χ1) is 14.4. The second-order valence-corrected chi connectivity index (χ2v) is 8.43. The Balaban J connectivity index is 1.66. The quantitative estimate of drug-likeness (QED) is 0.577. The summed E-state index contributed by atoms with van der Waals surface area (Å²) in [6, 6.07) is -0.831. The van der Waals surface area contributed by atoms with Crippen molar-refractivity contribution in [2.75, 3.05) is 13.6 Å². The number of hydrogen-bond donors (Lipinski definition) is 3. The summed E-state index contributed by atoms with van der Waals surface area (Å²) < 4.78 is 1.74. The summed E-state index contributed by atoms with van der Waals surface area (Å²) in [4.78, 5) is 40.0. The van der Waals surface area contributed by atoms with E-state index in [-0.39, 0.29) is 42.9 Å². The van der Waals surface area contributed by atoms with E-state index in [4.69, 9.17) is 0 Å². The third-order valence-corrected chi connectivity index (χ3v) is 5.84. The Labute approximate surface area is 177 Å². The van der Waals surface area contributed by atoms with Crippen molar-refractivity contribution in [2.45, 2.75) is 83.1 Å². The van der Waals surface area contributed by atoms with Crippen molar-refractivity contribution in [3.8, 4) is 0 Å². The van der Waals surface area contributed by atoms with E-state index in [1.165, 1.54) is 0 Å². The molecule has 2 aliphatic rings. The highest BCUT2D eigenvalue weighted by molar-refractivity contribution is 5.93. The molecule has 0 aliphatic carbocycles. The minimum Gasteiger partial charge on any atom is -0.349 e. The molecule has 10 nitrogen and oxygen atoms in total. The third-order valence-electron chi connectivity index (χ3n) is 5.84. The Hall–Kier alpha value is -2.49. The normalized spacial score (nSPS) is 24.3. The minimum atomic E-state index is -0.576. The van der Waals surface area contributed by atoms with Crippen molar-refractivity contribution in [1.29, 1.82) is 0 Å². The first-order valence-corrected chi connectivity index (χ1v) is 10.8. The molecule has 0 aromatic carbocycles. The topological polar surface area (TPSA) is 121 Å². The average molecular weight is 420 g/mol. The van der Waals surface area contributed by atoms with E-state index in [9.17, 15) is 14.4 Å². The first-order valence-electron chi connectivity index (χ1n) is 10.8. The molecule has 30 heavy (non-hydrogen) atoms. The smallest absolute Gasteiger partial charge is 0.246 e. The van der Waals surface area contributed by atoms with E-state index < -0.39 is 12.1 Å². The number of nitrogens with one attached hydrogen (secondary N) is 3. The zero-order chi connectivity index (χ0) is 21.7. The first kappa shape index (κ1) is 22.2. The number of fused-ring (bicyclic) bond motifs is 1. The zero-order valence-electron chi connectivity index (χ0n) is 18.1. The van der Waals surface area contributed by atoms with Gasteiger partial charge in [-0.15, -0.1) is 5.10 Å². The molecule has 3 amide bonds. The van der Waals surface area contributed by atoms with Crippen molar-refractivity contribution in [3.05, 3.63) is 11.9 Å². The van der Waals surface area contributed by atoms with Crippen LogP contribution >= 0.6 is 0 Å². The number of hydrogen-bond acceptors (Lipinski definition) is 6. The summed E-state index contributed by atoms with van der Waals surface area (Å²) in [6.45, 7) is 4.45. The van der Waals surface area contributed by atoms with Crippen molar-refractivity contribution in [1.82, 2.24) is 35.8 Å². The van der Waals surface area contributed by atoms with Gasteiger partial charge in [0.2, 0.25) is 17.7 Å². The van der Waals surface area contributed by atoms with Gasteiger partial charge in [0.1, 0.15) is 17.8 Å². The summed E-state index contributed by atoms with van der Waals surface area (Å²) in [6.07, 6.45) is 6.64. The van der Waals surface area contributed by atoms with E-state index >= 15 is 0 Å². The number of amides is 3. The van der Waals surface area contributed by atoms with Crippen LogP contribution in [-0.4, -0.2) is 69.3 Å². The third kappa shape index (κ3) is 5.16. The van der Waals surface area contributed by atoms with Gasteiger partial charge in [-0.1, -0.05) is 18.1 Å². The second-order valence-electron chi connectivity index (χ2n) is 8.43. The van der Waals surface area contributed by atoms with Crippen molar-refractivity contribution in [3.63, 3.8) is 0 Å². The maximum atomic E-state index is 13.3. The van der Waals surface area contributed by atoms with Crippen LogP contribution in [0.5, 0.6) is 0 Å². The molecule has 3 unspecified atom stereocenters. The summed E-state index contributed by atoms with van der Waals surface area (Å²) in [7, 11) is 1.69. The van der Waals surface area contributed by atoms with Crippen molar-refractivity contribution >= 4 is 17.7 Å². The lowest BCUT2D eigenvalue weighted by Gasteiger charge is -2.35. The zero-order valence-corrected chi connectivity index (χ0v) is 18.1. The molecule has 3 rings (SSSR count). The molecule has 0 saturated carbocycles. The van der Waals surface area contributed by atoms with Gasteiger partial charge < -0.3 is 20.9 Å². The maximum Gasteiger partial charge on any atom is 0.246 e. The fourth-order valence-electron chi connectivity index (χ4n) is 4.27. The van der Waals surface area contributed by atoms with E-state index in [2.05, 4.69) is 26.3 Å². The minimum absolute atomic E-state index is 0.0547. The van der Waals surface area contributed by atoms with Crippen molar-refractivity contribution < 1.29 is 14.4 Å². The van der Waals surface area contributed by atoms with Crippen LogP contribution in [0.15, 0.2) is 6.20 Å². The number of carbonyl (C=O) groups excluding carboxylic acids is 3. The van der Waals surface area contributed by atoms with Gasteiger partial charge in [0.25, 0.3) is 0 Å². The molecule has 0 radical (unpaired) electrons. The fraction of sp³-hybridized carbons (Fsp3) is 0.750. The van der Waals surface area contributed by atoms with Gasteiger partial charge in [-0.2, -0.15) is 0 Å². The van der Waals surface area contributed by atoms with Crippen LogP contribution in [-0.2, 0) is 20.9 Å². The lowest BCUT2D eigenvalue weighted by Crippen LogP contribution is -2.57. The molecule has 10 heteroatoms. The molecule has 2 fully saturated rings. The Morgan fingerprint density at radius 3 is 2.67 bits per heavy atom. The molecular formula is C20H33N7O3. The standard InChI is InChI=1S/C20H33N7O3/c1-13(2)26-12-14(24-25-26)10-22-19(29)17-9-8-15-6-4-5-7-16(20(30)27(15)17)23-18(28)11-21-3/h12-13,15-17,21H,4-11H2,1-3H3,(H,22,29)(H,23,28). The predicted molar refractivity (Wildman–Crippen MR) is 110 cm³/mol. The number of rotatable bonds is 7. The maximum absolute atomic E-state index is 13.3. The Morgan fingerprint density at radius 1 is 1.20 bits per heavy atom.